The lowest BCUT2D eigenvalue weighted by Gasteiger charge is -2.43. The van der Waals surface area contributed by atoms with Crippen molar-refractivity contribution >= 4 is 55.9 Å². The first-order chi connectivity index (χ1) is 33.7. The van der Waals surface area contributed by atoms with Crippen molar-refractivity contribution in [3.05, 3.63) is 253 Å². The van der Waals surface area contributed by atoms with Crippen molar-refractivity contribution in [1.29, 1.82) is 0 Å². The maximum atomic E-state index is 5.40. The van der Waals surface area contributed by atoms with Crippen LogP contribution in [0.25, 0.3) is 61.1 Å². The van der Waals surface area contributed by atoms with E-state index in [0.717, 1.165) is 50.6 Å². The van der Waals surface area contributed by atoms with Crippen molar-refractivity contribution in [3.63, 3.8) is 0 Å². The second kappa shape index (κ2) is 15.5. The Morgan fingerprint density at radius 2 is 0.812 bits per heavy atom. The molecule has 0 fully saturated rings. The van der Waals surface area contributed by atoms with Crippen molar-refractivity contribution in [1.82, 2.24) is 9.55 Å². The highest BCUT2D eigenvalue weighted by molar-refractivity contribution is 6.11. The number of nitrogens with zero attached hydrogens (tertiary/aromatic N) is 4. The topological polar surface area (TPSA) is 24.3 Å². The molecule has 0 radical (unpaired) electrons. The molecule has 0 saturated carbocycles. The SMILES string of the molecule is CC1(C)c2ccccc2N(c2ccccc2)c2ccc(-c3ccc4c(c3)C(C)(C)c3ccccc3N4c3ccc4c(c3)c3ccccc3n4-c3cc(-c4ccccc4)cc(-c4ccccc4)n3)cc21. The minimum Gasteiger partial charge on any atom is -0.310 e. The van der Waals surface area contributed by atoms with Crippen LogP contribution in [-0.2, 0) is 10.8 Å². The van der Waals surface area contributed by atoms with Crippen LogP contribution in [0.5, 0.6) is 0 Å². The first-order valence-corrected chi connectivity index (χ1v) is 24.0. The van der Waals surface area contributed by atoms with Gasteiger partial charge in [0.15, 0.2) is 0 Å². The summed E-state index contributed by atoms with van der Waals surface area (Å²) in [4.78, 5) is 10.3. The third kappa shape index (κ3) is 6.39. The number of hydrogen-bond donors (Lipinski definition) is 0. The van der Waals surface area contributed by atoms with Crippen LogP contribution in [0.15, 0.2) is 231 Å². The molecule has 0 atom stereocenters. The third-order valence-corrected chi connectivity index (χ3v) is 14.9. The molecule has 69 heavy (non-hydrogen) atoms. The lowest BCUT2D eigenvalue weighted by atomic mass is 9.71. The molecule has 11 aromatic rings. The van der Waals surface area contributed by atoms with Crippen molar-refractivity contribution in [2.24, 2.45) is 0 Å². The Morgan fingerprint density at radius 1 is 0.319 bits per heavy atom. The highest BCUT2D eigenvalue weighted by Gasteiger charge is 2.39. The zero-order valence-electron chi connectivity index (χ0n) is 39.2. The monoisotopic (exact) mass is 886 g/mol. The van der Waals surface area contributed by atoms with E-state index >= 15 is 0 Å². The minimum absolute atomic E-state index is 0.205. The number of fused-ring (bicyclic) bond motifs is 7. The van der Waals surface area contributed by atoms with E-state index in [1.165, 1.54) is 66.9 Å². The summed E-state index contributed by atoms with van der Waals surface area (Å²) in [7, 11) is 0. The van der Waals surface area contributed by atoms with Gasteiger partial charge in [0.1, 0.15) is 5.82 Å². The fourth-order valence-electron chi connectivity index (χ4n) is 11.4. The van der Waals surface area contributed by atoms with Crippen LogP contribution in [0.1, 0.15) is 49.9 Å². The molecule has 0 N–H and O–H groups in total. The Kier molecular flexibility index (Phi) is 9.19. The maximum absolute atomic E-state index is 5.40. The lowest BCUT2D eigenvalue weighted by molar-refractivity contribution is 0.631. The van der Waals surface area contributed by atoms with Gasteiger partial charge in [-0.1, -0.05) is 173 Å². The van der Waals surface area contributed by atoms with Crippen LogP contribution in [-0.4, -0.2) is 9.55 Å². The Labute approximate surface area is 404 Å². The molecule has 0 saturated heterocycles. The van der Waals surface area contributed by atoms with Crippen molar-refractivity contribution < 1.29 is 0 Å². The number of rotatable bonds is 6. The normalized spacial score (nSPS) is 14.3. The summed E-state index contributed by atoms with van der Waals surface area (Å²) in [6, 6.07) is 84.2. The van der Waals surface area contributed by atoms with E-state index in [9.17, 15) is 0 Å². The lowest BCUT2D eigenvalue weighted by Crippen LogP contribution is -2.31. The van der Waals surface area contributed by atoms with E-state index in [0.29, 0.717) is 0 Å². The third-order valence-electron chi connectivity index (χ3n) is 14.9. The Hall–Kier alpha value is -8.47. The number of anilines is 6. The second-order valence-electron chi connectivity index (χ2n) is 19.6. The van der Waals surface area contributed by atoms with Gasteiger partial charge in [0, 0.05) is 38.5 Å². The smallest absolute Gasteiger partial charge is 0.138 e. The minimum atomic E-state index is -0.263. The van der Waals surface area contributed by atoms with Gasteiger partial charge in [0.25, 0.3) is 0 Å². The van der Waals surface area contributed by atoms with E-state index in [1.807, 2.05) is 0 Å². The molecule has 4 nitrogen and oxygen atoms in total. The van der Waals surface area contributed by atoms with Crippen LogP contribution in [0.3, 0.4) is 0 Å². The molecule has 0 spiro atoms. The van der Waals surface area contributed by atoms with Gasteiger partial charge in [-0.2, -0.15) is 0 Å². The Balaban J connectivity index is 0.959. The van der Waals surface area contributed by atoms with Gasteiger partial charge in [-0.25, -0.2) is 4.98 Å². The van der Waals surface area contributed by atoms with Crippen LogP contribution in [0, 0.1) is 0 Å². The van der Waals surface area contributed by atoms with E-state index in [-0.39, 0.29) is 10.8 Å². The zero-order chi connectivity index (χ0) is 46.4. The molecule has 13 rings (SSSR count). The second-order valence-corrected chi connectivity index (χ2v) is 19.6. The number of para-hydroxylation sites is 4. The summed E-state index contributed by atoms with van der Waals surface area (Å²) in [5.74, 6) is 0.889. The van der Waals surface area contributed by atoms with Crippen LogP contribution in [0.2, 0.25) is 0 Å². The fraction of sp³-hybridized carbons (Fsp3) is 0.0923. The quantitative estimate of drug-likeness (QED) is 0.166. The molecule has 0 bridgehead atoms. The molecule has 9 aromatic carbocycles. The van der Waals surface area contributed by atoms with E-state index in [1.54, 1.807) is 0 Å². The average molecular weight is 887 g/mol. The standard InChI is InChI=1S/C65H50N4/c1-64(2)52-27-15-18-30-59(52)67(48-24-12-7-13-25-48)61-35-32-45(38-54(61)64)46-33-36-62-55(39-46)65(3,4)53-28-16-19-31-60(53)68(62)49-34-37-58-51(42-49)50-26-14-17-29-57(50)69(58)63-41-47(43-20-8-5-9-21-43)40-56(66-63)44-22-10-6-11-23-44/h5-42H,1-4H3. The highest BCUT2D eigenvalue weighted by Crippen LogP contribution is 2.55. The van der Waals surface area contributed by atoms with Gasteiger partial charge < -0.3 is 9.80 Å². The first kappa shape index (κ1) is 40.8. The van der Waals surface area contributed by atoms with Crippen molar-refractivity contribution in [2.45, 2.75) is 38.5 Å². The summed E-state index contributed by atoms with van der Waals surface area (Å²) in [6.45, 7) is 9.51. The largest absolute Gasteiger partial charge is 0.310 e. The predicted octanol–water partition coefficient (Wildman–Crippen LogP) is 17.4. The summed E-state index contributed by atoms with van der Waals surface area (Å²) in [5, 5.41) is 2.37. The van der Waals surface area contributed by atoms with Gasteiger partial charge >= 0.3 is 0 Å². The van der Waals surface area contributed by atoms with Gasteiger partial charge in [-0.3, -0.25) is 4.57 Å². The zero-order valence-corrected chi connectivity index (χ0v) is 39.2. The number of hydrogen-bond acceptors (Lipinski definition) is 3. The Bertz CT molecular complexity index is 3730. The fourth-order valence-corrected chi connectivity index (χ4v) is 11.4. The molecule has 0 aliphatic carbocycles. The maximum Gasteiger partial charge on any atom is 0.138 e. The van der Waals surface area contributed by atoms with E-state index < -0.39 is 0 Å². The van der Waals surface area contributed by atoms with Crippen molar-refractivity contribution in [2.75, 3.05) is 9.80 Å². The molecule has 2 aliphatic heterocycles. The summed E-state index contributed by atoms with van der Waals surface area (Å²) >= 11 is 0. The van der Waals surface area contributed by atoms with Gasteiger partial charge in [0.2, 0.25) is 0 Å². The molecule has 0 amide bonds. The molecular formula is C65H50N4. The van der Waals surface area contributed by atoms with Gasteiger partial charge in [0.05, 0.1) is 39.5 Å². The average Bonchev–Trinajstić information content (AvgIpc) is 3.73. The van der Waals surface area contributed by atoms with E-state index in [4.69, 9.17) is 4.98 Å². The van der Waals surface area contributed by atoms with Crippen LogP contribution in [0.4, 0.5) is 34.1 Å². The summed E-state index contributed by atoms with van der Waals surface area (Å²) < 4.78 is 2.35. The highest BCUT2D eigenvalue weighted by atomic mass is 15.2. The molecule has 2 aromatic heterocycles. The molecule has 0 unspecified atom stereocenters. The number of pyridine rings is 1. The number of aromatic nitrogens is 2. The summed E-state index contributed by atoms with van der Waals surface area (Å²) in [5.41, 5.74) is 20.9. The molecule has 2 aliphatic rings. The first-order valence-electron chi connectivity index (χ1n) is 24.0. The summed E-state index contributed by atoms with van der Waals surface area (Å²) in [6.07, 6.45) is 0. The molecule has 330 valence electrons. The van der Waals surface area contributed by atoms with Crippen molar-refractivity contribution in [3.8, 4) is 39.3 Å². The Morgan fingerprint density at radius 3 is 1.43 bits per heavy atom. The van der Waals surface area contributed by atoms with Gasteiger partial charge in [-0.15, -0.1) is 0 Å². The predicted molar refractivity (Wildman–Crippen MR) is 289 cm³/mol. The molecule has 4 heterocycles. The van der Waals surface area contributed by atoms with Crippen LogP contribution >= 0.6 is 0 Å². The molecular weight excluding hydrogens is 837 g/mol. The van der Waals surface area contributed by atoms with Gasteiger partial charge in [-0.05, 0) is 129 Å². The number of benzene rings is 9. The van der Waals surface area contributed by atoms with E-state index in [2.05, 4.69) is 273 Å². The molecule has 4 heteroatoms. The van der Waals surface area contributed by atoms with Crippen LogP contribution < -0.4 is 9.80 Å².